The lowest BCUT2D eigenvalue weighted by Crippen LogP contribution is -2.48. The Kier molecular flexibility index (Phi) is 5.55. The Morgan fingerprint density at radius 1 is 1.14 bits per heavy atom. The van der Waals surface area contributed by atoms with Gasteiger partial charge in [0.15, 0.2) is 0 Å². The van der Waals surface area contributed by atoms with E-state index in [4.69, 9.17) is 0 Å². The Morgan fingerprint density at radius 2 is 1.73 bits per heavy atom. The Bertz CT molecular complexity index is 605. The zero-order valence-electron chi connectivity index (χ0n) is 13.1. The van der Waals surface area contributed by atoms with Crippen LogP contribution in [0.5, 0.6) is 0 Å². The predicted molar refractivity (Wildman–Crippen MR) is 86.1 cm³/mol. The first kappa shape index (κ1) is 16.9. The molecule has 1 heterocycles. The molecular formula is C15H23N3O3S. The molecule has 7 heteroatoms. The summed E-state index contributed by atoms with van der Waals surface area (Å²) >= 11 is 0. The van der Waals surface area contributed by atoms with Crippen molar-refractivity contribution >= 4 is 15.9 Å². The van der Waals surface area contributed by atoms with Gasteiger partial charge in [-0.2, -0.15) is 4.31 Å². The van der Waals surface area contributed by atoms with Gasteiger partial charge in [-0.3, -0.25) is 9.69 Å². The molecule has 1 aliphatic rings. The van der Waals surface area contributed by atoms with Gasteiger partial charge in [0.1, 0.15) is 0 Å². The summed E-state index contributed by atoms with van der Waals surface area (Å²) in [6, 6.07) is 7.51. The normalized spacial score (nSPS) is 17.4. The number of hydrogen-bond donors (Lipinski definition) is 1. The zero-order valence-corrected chi connectivity index (χ0v) is 13.9. The molecule has 1 aliphatic heterocycles. The summed E-state index contributed by atoms with van der Waals surface area (Å²) in [5.74, 6) is 0.0680. The summed E-state index contributed by atoms with van der Waals surface area (Å²) < 4.78 is 25.2. The monoisotopic (exact) mass is 325 g/mol. The standard InChI is InChI=1S/C15H23N3O3S/c1-3-22(20,21)18-10-8-17(9-11-18)12-13-4-6-14(7-5-13)15(19)16-2/h4-7H,3,8-12H2,1-2H3,(H,16,19). The van der Waals surface area contributed by atoms with Crippen LogP contribution < -0.4 is 5.32 Å². The van der Waals surface area contributed by atoms with Gasteiger partial charge < -0.3 is 5.32 Å². The van der Waals surface area contributed by atoms with Gasteiger partial charge in [-0.25, -0.2) is 8.42 Å². The van der Waals surface area contributed by atoms with E-state index in [2.05, 4.69) is 10.2 Å². The third-order valence-corrected chi connectivity index (χ3v) is 5.82. The Hall–Kier alpha value is -1.44. The molecule has 0 aromatic heterocycles. The van der Waals surface area contributed by atoms with Gasteiger partial charge in [-0.05, 0) is 24.6 Å². The summed E-state index contributed by atoms with van der Waals surface area (Å²) in [7, 11) is -1.46. The number of hydrogen-bond acceptors (Lipinski definition) is 4. The molecule has 0 radical (unpaired) electrons. The second-order valence-corrected chi connectivity index (χ2v) is 7.61. The highest BCUT2D eigenvalue weighted by atomic mass is 32.2. The van der Waals surface area contributed by atoms with Gasteiger partial charge in [0.05, 0.1) is 5.75 Å². The molecule has 1 fully saturated rings. The second-order valence-electron chi connectivity index (χ2n) is 5.35. The van der Waals surface area contributed by atoms with Crippen LogP contribution in [0.1, 0.15) is 22.8 Å². The number of rotatable bonds is 5. The van der Waals surface area contributed by atoms with Gasteiger partial charge in [0.25, 0.3) is 5.91 Å². The molecule has 0 atom stereocenters. The van der Waals surface area contributed by atoms with E-state index in [0.717, 1.165) is 25.2 Å². The van der Waals surface area contributed by atoms with Crippen LogP contribution in [0.25, 0.3) is 0 Å². The van der Waals surface area contributed by atoms with Crippen molar-refractivity contribution in [3.8, 4) is 0 Å². The van der Waals surface area contributed by atoms with Crippen LogP contribution in [-0.2, 0) is 16.6 Å². The molecule has 0 aliphatic carbocycles. The number of sulfonamides is 1. The van der Waals surface area contributed by atoms with Crippen LogP contribution in [0.3, 0.4) is 0 Å². The smallest absolute Gasteiger partial charge is 0.251 e. The molecule has 0 spiro atoms. The number of benzene rings is 1. The maximum atomic E-state index is 11.8. The SMILES string of the molecule is CCS(=O)(=O)N1CCN(Cc2ccc(C(=O)NC)cc2)CC1. The van der Waals surface area contributed by atoms with Gasteiger partial charge in [-0.1, -0.05) is 12.1 Å². The third kappa shape index (κ3) is 4.06. The highest BCUT2D eigenvalue weighted by Crippen LogP contribution is 2.12. The third-order valence-electron chi connectivity index (χ3n) is 3.94. The predicted octanol–water partition coefficient (Wildman–Crippen LogP) is 0.514. The quantitative estimate of drug-likeness (QED) is 0.856. The van der Waals surface area contributed by atoms with Gasteiger partial charge >= 0.3 is 0 Å². The molecule has 6 nitrogen and oxygen atoms in total. The van der Waals surface area contributed by atoms with E-state index < -0.39 is 10.0 Å². The average Bonchev–Trinajstić information content (AvgIpc) is 2.55. The summed E-state index contributed by atoms with van der Waals surface area (Å²) in [6.45, 7) is 5.01. The number of carbonyl (C=O) groups excluding carboxylic acids is 1. The average molecular weight is 325 g/mol. The topological polar surface area (TPSA) is 69.7 Å². The maximum Gasteiger partial charge on any atom is 0.251 e. The van der Waals surface area contributed by atoms with Crippen LogP contribution in [0.15, 0.2) is 24.3 Å². The Balaban J connectivity index is 1.90. The molecular weight excluding hydrogens is 302 g/mol. The van der Waals surface area contributed by atoms with E-state index in [0.29, 0.717) is 18.7 Å². The fourth-order valence-corrected chi connectivity index (χ4v) is 3.60. The van der Waals surface area contributed by atoms with Gasteiger partial charge in [0.2, 0.25) is 10.0 Å². The Labute approximate surface area is 132 Å². The molecule has 0 unspecified atom stereocenters. The van der Waals surface area contributed by atoms with E-state index in [9.17, 15) is 13.2 Å². The highest BCUT2D eigenvalue weighted by Gasteiger charge is 2.25. The number of nitrogens with zero attached hydrogens (tertiary/aromatic N) is 2. The minimum Gasteiger partial charge on any atom is -0.355 e. The maximum absolute atomic E-state index is 11.8. The first-order chi connectivity index (χ1) is 10.5. The molecule has 0 saturated carbocycles. The fraction of sp³-hybridized carbons (Fsp3) is 0.533. The van der Waals surface area contributed by atoms with Crippen molar-refractivity contribution in [2.45, 2.75) is 13.5 Å². The molecule has 122 valence electrons. The van der Waals surface area contributed by atoms with Crippen molar-refractivity contribution in [2.24, 2.45) is 0 Å². The van der Waals surface area contributed by atoms with Crippen molar-refractivity contribution in [1.82, 2.24) is 14.5 Å². The first-order valence-corrected chi connectivity index (χ1v) is 9.08. The van der Waals surface area contributed by atoms with E-state index >= 15 is 0 Å². The molecule has 2 rings (SSSR count). The van der Waals surface area contributed by atoms with E-state index in [1.54, 1.807) is 18.3 Å². The summed E-state index contributed by atoms with van der Waals surface area (Å²) in [6.07, 6.45) is 0. The lowest BCUT2D eigenvalue weighted by molar-refractivity contribution is 0.0963. The van der Waals surface area contributed by atoms with Crippen LogP contribution in [-0.4, -0.2) is 62.5 Å². The van der Waals surface area contributed by atoms with Gasteiger partial charge in [0, 0.05) is 45.3 Å². The minimum atomic E-state index is -3.07. The lowest BCUT2D eigenvalue weighted by Gasteiger charge is -2.33. The zero-order chi connectivity index (χ0) is 16.2. The van der Waals surface area contributed by atoms with Crippen LogP contribution in [0.2, 0.25) is 0 Å². The van der Waals surface area contributed by atoms with E-state index in [-0.39, 0.29) is 11.7 Å². The van der Waals surface area contributed by atoms with Crippen LogP contribution >= 0.6 is 0 Å². The number of amides is 1. The van der Waals surface area contributed by atoms with Crippen LogP contribution in [0.4, 0.5) is 0 Å². The van der Waals surface area contributed by atoms with E-state index in [1.165, 1.54) is 0 Å². The molecule has 0 bridgehead atoms. The van der Waals surface area contributed by atoms with Crippen molar-refractivity contribution in [3.05, 3.63) is 35.4 Å². The van der Waals surface area contributed by atoms with Crippen molar-refractivity contribution < 1.29 is 13.2 Å². The first-order valence-electron chi connectivity index (χ1n) is 7.47. The number of carbonyl (C=O) groups is 1. The highest BCUT2D eigenvalue weighted by molar-refractivity contribution is 7.89. The van der Waals surface area contributed by atoms with Crippen LogP contribution in [0, 0.1) is 0 Å². The Morgan fingerprint density at radius 3 is 2.23 bits per heavy atom. The minimum absolute atomic E-state index is 0.0927. The lowest BCUT2D eigenvalue weighted by atomic mass is 10.1. The molecule has 1 aromatic rings. The summed E-state index contributed by atoms with van der Waals surface area (Å²) in [4.78, 5) is 13.7. The van der Waals surface area contributed by atoms with Crippen molar-refractivity contribution in [2.75, 3.05) is 39.0 Å². The largest absolute Gasteiger partial charge is 0.355 e. The van der Waals surface area contributed by atoms with Crippen molar-refractivity contribution in [3.63, 3.8) is 0 Å². The second kappa shape index (κ2) is 7.21. The van der Waals surface area contributed by atoms with Gasteiger partial charge in [-0.15, -0.1) is 0 Å². The molecule has 1 saturated heterocycles. The number of piperazine rings is 1. The summed E-state index contributed by atoms with van der Waals surface area (Å²) in [5.41, 5.74) is 1.77. The number of nitrogens with one attached hydrogen (secondary N) is 1. The molecule has 1 amide bonds. The van der Waals surface area contributed by atoms with Crippen molar-refractivity contribution in [1.29, 1.82) is 0 Å². The fourth-order valence-electron chi connectivity index (χ4n) is 2.51. The molecule has 1 aromatic carbocycles. The van der Waals surface area contributed by atoms with E-state index in [1.807, 2.05) is 24.3 Å². The molecule has 1 N–H and O–H groups in total. The summed E-state index contributed by atoms with van der Waals surface area (Å²) in [5, 5.41) is 2.59. The molecule has 22 heavy (non-hydrogen) atoms.